The van der Waals surface area contributed by atoms with E-state index in [0.29, 0.717) is 16.1 Å². The second-order valence-corrected chi connectivity index (χ2v) is 10.2. The normalized spacial score (nSPS) is 12.1. The molecule has 0 fully saturated rings. The van der Waals surface area contributed by atoms with E-state index < -0.39 is 39.9 Å². The maximum absolute atomic E-state index is 13.4. The third-order valence-electron chi connectivity index (χ3n) is 4.53. The van der Waals surface area contributed by atoms with Crippen molar-refractivity contribution < 1.29 is 26.4 Å². The average Bonchev–Trinajstić information content (AvgIpc) is 2.75. The van der Waals surface area contributed by atoms with Gasteiger partial charge in [0, 0.05) is 16.0 Å². The zero-order valence-electron chi connectivity index (χ0n) is 16.8. The van der Waals surface area contributed by atoms with E-state index in [4.69, 9.17) is 11.6 Å². The van der Waals surface area contributed by atoms with Gasteiger partial charge in [0.1, 0.15) is 0 Å². The van der Waals surface area contributed by atoms with Crippen LogP contribution < -0.4 is 5.32 Å². The Bertz CT molecular complexity index is 1240. The Hall–Kier alpha value is -2.40. The molecule has 0 aromatic heterocycles. The molecule has 174 valence electrons. The Balaban J connectivity index is 1.91. The van der Waals surface area contributed by atoms with Gasteiger partial charge in [0.2, 0.25) is 15.9 Å². The quantitative estimate of drug-likeness (QED) is 0.388. The summed E-state index contributed by atoms with van der Waals surface area (Å²) < 4.78 is 68.1. The van der Waals surface area contributed by atoms with Gasteiger partial charge < -0.3 is 5.32 Å². The van der Waals surface area contributed by atoms with Crippen LogP contribution in [0, 0.1) is 0 Å². The summed E-state index contributed by atoms with van der Waals surface area (Å²) >= 11 is 8.90. The molecule has 3 rings (SSSR count). The standard InChI is InChI=1S/C22H17BrClF3N2O3S/c23-16-6-9-18(10-7-16)33(31,32)29(13-15-4-2-1-3-5-15)14-21(30)28-20-11-8-17(24)12-19(20)22(25,26)27/h1-12H,13-14H2,(H,28,30). The van der Waals surface area contributed by atoms with E-state index in [1.165, 1.54) is 30.3 Å². The first kappa shape index (κ1) is 25.2. The molecule has 0 spiro atoms. The first-order valence-corrected chi connectivity index (χ1v) is 12.0. The number of anilines is 1. The van der Waals surface area contributed by atoms with Gasteiger partial charge in [-0.1, -0.05) is 57.9 Å². The van der Waals surface area contributed by atoms with Crippen molar-refractivity contribution in [1.29, 1.82) is 0 Å². The topological polar surface area (TPSA) is 66.5 Å². The molecular formula is C22H17BrClF3N2O3S. The average molecular weight is 562 g/mol. The summed E-state index contributed by atoms with van der Waals surface area (Å²) in [6.45, 7) is -0.855. The van der Waals surface area contributed by atoms with Gasteiger partial charge >= 0.3 is 6.18 Å². The van der Waals surface area contributed by atoms with E-state index in [1.54, 1.807) is 30.3 Å². The second-order valence-electron chi connectivity index (χ2n) is 6.95. The van der Waals surface area contributed by atoms with E-state index in [0.717, 1.165) is 10.4 Å². The highest BCUT2D eigenvalue weighted by molar-refractivity contribution is 9.10. The van der Waals surface area contributed by atoms with E-state index in [1.807, 2.05) is 0 Å². The fourth-order valence-electron chi connectivity index (χ4n) is 2.98. The smallest absolute Gasteiger partial charge is 0.324 e. The van der Waals surface area contributed by atoms with Gasteiger partial charge in [-0.3, -0.25) is 4.79 Å². The highest BCUT2D eigenvalue weighted by Gasteiger charge is 2.35. The first-order chi connectivity index (χ1) is 15.5. The van der Waals surface area contributed by atoms with E-state index >= 15 is 0 Å². The number of hydrogen-bond acceptors (Lipinski definition) is 3. The van der Waals surface area contributed by atoms with E-state index in [-0.39, 0.29) is 16.5 Å². The minimum Gasteiger partial charge on any atom is -0.324 e. The summed E-state index contributed by atoms with van der Waals surface area (Å²) in [6, 6.07) is 17.3. The highest BCUT2D eigenvalue weighted by atomic mass is 79.9. The van der Waals surface area contributed by atoms with Crippen molar-refractivity contribution in [2.45, 2.75) is 17.6 Å². The third-order valence-corrected chi connectivity index (χ3v) is 7.10. The van der Waals surface area contributed by atoms with Gasteiger partial charge in [0.25, 0.3) is 0 Å². The molecule has 0 saturated heterocycles. The van der Waals surface area contributed by atoms with Crippen molar-refractivity contribution in [2.24, 2.45) is 0 Å². The molecule has 3 aromatic rings. The Morgan fingerprint density at radius 1 is 1.00 bits per heavy atom. The van der Waals surface area contributed by atoms with Crippen LogP contribution in [0.5, 0.6) is 0 Å². The van der Waals surface area contributed by atoms with Gasteiger partial charge in [-0.25, -0.2) is 8.42 Å². The van der Waals surface area contributed by atoms with E-state index in [9.17, 15) is 26.4 Å². The molecule has 0 radical (unpaired) electrons. The van der Waals surface area contributed by atoms with Gasteiger partial charge in [-0.15, -0.1) is 0 Å². The summed E-state index contributed by atoms with van der Waals surface area (Å²) in [4.78, 5) is 12.6. The molecule has 0 atom stereocenters. The van der Waals surface area contributed by atoms with Crippen molar-refractivity contribution in [3.05, 3.63) is 93.4 Å². The monoisotopic (exact) mass is 560 g/mol. The van der Waals surface area contributed by atoms with E-state index in [2.05, 4.69) is 21.2 Å². The number of rotatable bonds is 7. The predicted molar refractivity (Wildman–Crippen MR) is 123 cm³/mol. The summed E-state index contributed by atoms with van der Waals surface area (Å²) in [5.41, 5.74) is -1.04. The molecule has 0 bridgehead atoms. The number of nitrogens with one attached hydrogen (secondary N) is 1. The van der Waals surface area contributed by atoms with Crippen LogP contribution in [0.4, 0.5) is 18.9 Å². The predicted octanol–water partition coefficient (Wildman–Crippen LogP) is 5.95. The lowest BCUT2D eigenvalue weighted by molar-refractivity contribution is -0.137. The molecule has 11 heteroatoms. The number of nitrogens with zero attached hydrogens (tertiary/aromatic N) is 1. The van der Waals surface area contributed by atoms with Crippen LogP contribution in [0.2, 0.25) is 5.02 Å². The van der Waals surface area contributed by atoms with Crippen LogP contribution in [0.25, 0.3) is 0 Å². The number of carbonyl (C=O) groups is 1. The minimum atomic E-state index is -4.76. The van der Waals surface area contributed by atoms with Crippen LogP contribution in [0.1, 0.15) is 11.1 Å². The molecule has 33 heavy (non-hydrogen) atoms. The number of halogens is 5. The SMILES string of the molecule is O=C(CN(Cc1ccccc1)S(=O)(=O)c1ccc(Br)cc1)Nc1ccc(Cl)cc1C(F)(F)F. The molecule has 1 amide bonds. The second kappa shape index (κ2) is 10.3. The molecule has 0 unspecified atom stereocenters. The fraction of sp³-hybridized carbons (Fsp3) is 0.136. The number of alkyl halides is 3. The maximum atomic E-state index is 13.4. The number of sulfonamides is 1. The molecule has 0 aliphatic heterocycles. The van der Waals surface area contributed by atoms with Crippen molar-refractivity contribution in [3.8, 4) is 0 Å². The maximum Gasteiger partial charge on any atom is 0.418 e. The van der Waals surface area contributed by atoms with Gasteiger partial charge in [0.15, 0.2) is 0 Å². The summed E-state index contributed by atoms with van der Waals surface area (Å²) in [5.74, 6) is -0.931. The molecule has 1 N–H and O–H groups in total. The van der Waals surface area contributed by atoms with Crippen molar-refractivity contribution >= 4 is 49.1 Å². The Morgan fingerprint density at radius 3 is 2.24 bits per heavy atom. The van der Waals surface area contributed by atoms with Crippen molar-refractivity contribution in [3.63, 3.8) is 0 Å². The lowest BCUT2D eigenvalue weighted by Gasteiger charge is -2.22. The van der Waals surface area contributed by atoms with Crippen LogP contribution in [-0.4, -0.2) is 25.2 Å². The zero-order chi connectivity index (χ0) is 24.2. The van der Waals surface area contributed by atoms with Crippen LogP contribution in [0.15, 0.2) is 82.2 Å². The molecule has 3 aromatic carbocycles. The molecular weight excluding hydrogens is 545 g/mol. The zero-order valence-corrected chi connectivity index (χ0v) is 20.0. The number of carbonyl (C=O) groups excluding carboxylic acids is 1. The summed E-state index contributed by atoms with van der Waals surface area (Å²) in [5, 5.41) is 2.01. The van der Waals surface area contributed by atoms with Gasteiger partial charge in [-0.2, -0.15) is 17.5 Å². The summed E-state index contributed by atoms with van der Waals surface area (Å²) in [7, 11) is -4.14. The molecule has 0 saturated carbocycles. The molecule has 0 aliphatic rings. The lowest BCUT2D eigenvalue weighted by atomic mass is 10.1. The third kappa shape index (κ3) is 6.57. The Kier molecular flexibility index (Phi) is 7.84. The fourth-order valence-corrected chi connectivity index (χ4v) is 4.80. The van der Waals surface area contributed by atoms with Crippen LogP contribution in [0.3, 0.4) is 0 Å². The summed E-state index contributed by atoms with van der Waals surface area (Å²) in [6.07, 6.45) is -4.76. The van der Waals surface area contributed by atoms with Gasteiger partial charge in [-0.05, 0) is 48.0 Å². The number of amides is 1. The molecule has 0 aliphatic carbocycles. The number of benzene rings is 3. The van der Waals surface area contributed by atoms with Gasteiger partial charge in [0.05, 0.1) is 22.7 Å². The first-order valence-electron chi connectivity index (χ1n) is 9.43. The minimum absolute atomic E-state index is 0.0584. The van der Waals surface area contributed by atoms with Crippen molar-refractivity contribution in [1.82, 2.24) is 4.31 Å². The lowest BCUT2D eigenvalue weighted by Crippen LogP contribution is -2.37. The largest absolute Gasteiger partial charge is 0.418 e. The Labute approximate surface area is 202 Å². The van der Waals surface area contributed by atoms with Crippen molar-refractivity contribution in [2.75, 3.05) is 11.9 Å². The Morgan fingerprint density at radius 2 is 1.64 bits per heavy atom. The number of hydrogen-bond donors (Lipinski definition) is 1. The molecule has 0 heterocycles. The van der Waals surface area contributed by atoms with Crippen LogP contribution in [-0.2, 0) is 27.5 Å². The van der Waals surface area contributed by atoms with Crippen LogP contribution >= 0.6 is 27.5 Å². The highest BCUT2D eigenvalue weighted by Crippen LogP contribution is 2.36. The molecule has 5 nitrogen and oxygen atoms in total.